The molecule has 0 aliphatic carbocycles. The van der Waals surface area contributed by atoms with Crippen molar-refractivity contribution in [3.63, 3.8) is 0 Å². The molecule has 0 bridgehead atoms. The minimum absolute atomic E-state index is 0.445. The molecule has 1 aliphatic rings. The van der Waals surface area contributed by atoms with Crippen molar-refractivity contribution in [2.75, 3.05) is 11.9 Å². The molecular weight excluding hydrogens is 302 g/mol. The van der Waals surface area contributed by atoms with Crippen molar-refractivity contribution >= 4 is 29.3 Å². The summed E-state index contributed by atoms with van der Waals surface area (Å²) < 4.78 is -1.52. The molecule has 112 valence electrons. The fraction of sp³-hybridized carbons (Fsp3) is 0.333. The Bertz CT molecular complexity index is 707. The molecule has 1 aromatic carbocycles. The summed E-state index contributed by atoms with van der Waals surface area (Å²) in [4.78, 5) is 25.4. The van der Waals surface area contributed by atoms with Gasteiger partial charge in [-0.05, 0) is 13.0 Å². The molecule has 0 spiro atoms. The summed E-state index contributed by atoms with van der Waals surface area (Å²) in [6.45, 7) is 1.44. The van der Waals surface area contributed by atoms with E-state index in [0.717, 1.165) is 11.8 Å². The maximum absolute atomic E-state index is 12.8. The Labute approximate surface area is 131 Å². The number of carbonyl (C=O) groups excluding carboxylic acids is 1. The van der Waals surface area contributed by atoms with E-state index in [-0.39, 0.29) is 0 Å². The smallest absolute Gasteiger partial charge is 0.316 e. The summed E-state index contributed by atoms with van der Waals surface area (Å²) in [6, 6.07) is 10.5. The van der Waals surface area contributed by atoms with Gasteiger partial charge in [0.25, 0.3) is 0 Å². The van der Waals surface area contributed by atoms with Crippen LogP contribution in [0.15, 0.2) is 24.3 Å². The lowest BCUT2D eigenvalue weighted by molar-refractivity contribution is -0.136. The van der Waals surface area contributed by atoms with Crippen molar-refractivity contribution in [1.82, 2.24) is 0 Å². The number of carboxylic acids is 1. The molecule has 0 saturated heterocycles. The number of nitrogens with zero attached hydrogens (tertiary/aromatic N) is 3. The molecular formula is C15H13N3O3S. The second kappa shape index (κ2) is 5.70. The molecule has 0 saturated carbocycles. The summed E-state index contributed by atoms with van der Waals surface area (Å²) in [5.74, 6) is -2.82. The quantitative estimate of drug-likeness (QED) is 0.907. The molecule has 2 unspecified atom stereocenters. The molecule has 1 N–H and O–H groups in total. The zero-order valence-corrected chi connectivity index (χ0v) is 12.8. The van der Waals surface area contributed by atoms with Gasteiger partial charge in [0, 0.05) is 18.3 Å². The summed E-state index contributed by atoms with van der Waals surface area (Å²) in [6.07, 6.45) is 0. The number of rotatable bonds is 4. The highest BCUT2D eigenvalue weighted by molar-refractivity contribution is 8.02. The van der Waals surface area contributed by atoms with Crippen molar-refractivity contribution in [1.29, 1.82) is 10.5 Å². The number of benzene rings is 1. The molecule has 0 fully saturated rings. The average Bonchev–Trinajstić information content (AvgIpc) is 2.72. The second-order valence-corrected chi connectivity index (χ2v) is 6.49. The third-order valence-electron chi connectivity index (χ3n) is 3.66. The van der Waals surface area contributed by atoms with Crippen LogP contribution in [0.3, 0.4) is 0 Å². The summed E-state index contributed by atoms with van der Waals surface area (Å²) in [7, 11) is 1.56. The Morgan fingerprint density at radius 1 is 1.36 bits per heavy atom. The van der Waals surface area contributed by atoms with Gasteiger partial charge in [0.15, 0.2) is 10.7 Å². The van der Waals surface area contributed by atoms with Gasteiger partial charge >= 0.3 is 5.97 Å². The fourth-order valence-electron chi connectivity index (χ4n) is 2.55. The van der Waals surface area contributed by atoms with E-state index >= 15 is 0 Å². The SMILES string of the molecule is CC(SC1(C(C#N)C#N)C(=O)N(C)c2ccccc21)C(=O)O. The van der Waals surface area contributed by atoms with Crippen LogP contribution in [0.1, 0.15) is 12.5 Å². The van der Waals surface area contributed by atoms with Crippen LogP contribution in [0.25, 0.3) is 0 Å². The number of hydrogen-bond acceptors (Lipinski definition) is 5. The van der Waals surface area contributed by atoms with Crippen LogP contribution in [-0.2, 0) is 14.3 Å². The summed E-state index contributed by atoms with van der Waals surface area (Å²) in [5.41, 5.74) is 1.10. The Morgan fingerprint density at radius 2 is 1.95 bits per heavy atom. The second-order valence-electron chi connectivity index (χ2n) is 4.91. The van der Waals surface area contributed by atoms with Crippen molar-refractivity contribution in [3.8, 4) is 12.1 Å². The zero-order valence-electron chi connectivity index (χ0n) is 12.0. The lowest BCUT2D eigenvalue weighted by atomic mass is 9.87. The summed E-state index contributed by atoms with van der Waals surface area (Å²) >= 11 is 0.839. The number of para-hydroxylation sites is 1. The van der Waals surface area contributed by atoms with E-state index in [1.807, 2.05) is 12.1 Å². The van der Waals surface area contributed by atoms with E-state index in [9.17, 15) is 25.2 Å². The van der Waals surface area contributed by atoms with Crippen molar-refractivity contribution in [3.05, 3.63) is 29.8 Å². The lowest BCUT2D eigenvalue weighted by Gasteiger charge is -2.29. The van der Waals surface area contributed by atoms with E-state index in [1.165, 1.54) is 11.8 Å². The van der Waals surface area contributed by atoms with Gasteiger partial charge < -0.3 is 10.0 Å². The standard InChI is InChI=1S/C15H13N3O3S/c1-9(13(19)20)22-15(10(7-16)8-17)11-5-3-4-6-12(11)18(2)14(15)21/h3-6,9-10H,1-2H3,(H,19,20). The average molecular weight is 315 g/mol. The van der Waals surface area contributed by atoms with Crippen LogP contribution in [0, 0.1) is 28.6 Å². The number of carboxylic acid groups (broad SMARTS) is 1. The monoisotopic (exact) mass is 315 g/mol. The van der Waals surface area contributed by atoms with Crippen LogP contribution in [0.4, 0.5) is 5.69 Å². The summed E-state index contributed by atoms with van der Waals surface area (Å²) in [5, 5.41) is 26.9. The van der Waals surface area contributed by atoms with E-state index in [1.54, 1.807) is 31.3 Å². The van der Waals surface area contributed by atoms with Crippen molar-refractivity contribution in [2.45, 2.75) is 16.9 Å². The lowest BCUT2D eigenvalue weighted by Crippen LogP contribution is -2.43. The first-order valence-electron chi connectivity index (χ1n) is 6.47. The van der Waals surface area contributed by atoms with Gasteiger partial charge in [-0.15, -0.1) is 11.8 Å². The molecule has 7 heteroatoms. The van der Waals surface area contributed by atoms with E-state index < -0.39 is 27.8 Å². The molecule has 2 atom stereocenters. The number of carbonyl (C=O) groups is 2. The predicted molar refractivity (Wildman–Crippen MR) is 80.9 cm³/mol. The number of aliphatic carboxylic acids is 1. The molecule has 2 rings (SSSR count). The predicted octanol–water partition coefficient (Wildman–Crippen LogP) is 1.73. The molecule has 0 radical (unpaired) electrons. The first-order valence-corrected chi connectivity index (χ1v) is 7.35. The number of thioether (sulfide) groups is 1. The highest BCUT2D eigenvalue weighted by Gasteiger charge is 2.57. The minimum atomic E-state index is -1.52. The maximum Gasteiger partial charge on any atom is 0.316 e. The van der Waals surface area contributed by atoms with Gasteiger partial charge in [-0.2, -0.15) is 10.5 Å². The van der Waals surface area contributed by atoms with Gasteiger partial charge in [0.2, 0.25) is 5.91 Å². The van der Waals surface area contributed by atoms with Gasteiger partial charge in [0.05, 0.1) is 12.1 Å². The van der Waals surface area contributed by atoms with Crippen LogP contribution >= 0.6 is 11.8 Å². The molecule has 1 aromatic rings. The van der Waals surface area contributed by atoms with Crippen LogP contribution < -0.4 is 4.90 Å². The number of anilines is 1. The number of amides is 1. The van der Waals surface area contributed by atoms with Crippen LogP contribution in [0.5, 0.6) is 0 Å². The first-order chi connectivity index (χ1) is 10.4. The molecule has 1 amide bonds. The Kier molecular flexibility index (Phi) is 4.11. The minimum Gasteiger partial charge on any atom is -0.480 e. The molecule has 1 heterocycles. The van der Waals surface area contributed by atoms with E-state index in [4.69, 9.17) is 0 Å². The van der Waals surface area contributed by atoms with Gasteiger partial charge in [-0.25, -0.2) is 0 Å². The van der Waals surface area contributed by atoms with Gasteiger partial charge in [-0.1, -0.05) is 18.2 Å². The number of likely N-dealkylation sites (N-methyl/N-ethyl adjacent to an activating group) is 1. The normalized spacial score (nSPS) is 21.1. The highest BCUT2D eigenvalue weighted by Crippen LogP contribution is 2.53. The van der Waals surface area contributed by atoms with Gasteiger partial charge in [0.1, 0.15) is 5.25 Å². The largest absolute Gasteiger partial charge is 0.480 e. The molecule has 1 aliphatic heterocycles. The maximum atomic E-state index is 12.8. The molecule has 0 aromatic heterocycles. The third kappa shape index (κ3) is 2.11. The Balaban J connectivity index is 2.70. The van der Waals surface area contributed by atoms with Crippen LogP contribution in [0.2, 0.25) is 0 Å². The molecule has 6 nitrogen and oxygen atoms in total. The third-order valence-corrected chi connectivity index (χ3v) is 5.22. The number of fused-ring (bicyclic) bond motifs is 1. The molecule has 22 heavy (non-hydrogen) atoms. The topological polar surface area (TPSA) is 105 Å². The van der Waals surface area contributed by atoms with Crippen molar-refractivity contribution < 1.29 is 14.7 Å². The fourth-order valence-corrected chi connectivity index (χ4v) is 3.99. The van der Waals surface area contributed by atoms with Gasteiger partial charge in [-0.3, -0.25) is 9.59 Å². The Morgan fingerprint density at radius 3 is 2.50 bits per heavy atom. The Hall–Kier alpha value is -2.51. The number of nitriles is 2. The van der Waals surface area contributed by atoms with E-state index in [2.05, 4.69) is 0 Å². The van der Waals surface area contributed by atoms with Crippen molar-refractivity contribution in [2.24, 2.45) is 5.92 Å². The zero-order chi connectivity index (χ0) is 16.5. The van der Waals surface area contributed by atoms with E-state index in [0.29, 0.717) is 11.3 Å². The first kappa shape index (κ1) is 15.9. The number of hydrogen-bond donors (Lipinski definition) is 1. The van der Waals surface area contributed by atoms with Crippen LogP contribution in [-0.4, -0.2) is 29.3 Å². The highest BCUT2D eigenvalue weighted by atomic mass is 32.2.